The summed E-state index contributed by atoms with van der Waals surface area (Å²) in [6.45, 7) is 6.51. The highest BCUT2D eigenvalue weighted by Crippen LogP contribution is 2.34. The molecule has 0 bridgehead atoms. The van der Waals surface area contributed by atoms with Crippen molar-refractivity contribution in [2.24, 2.45) is 0 Å². The van der Waals surface area contributed by atoms with Crippen LogP contribution in [0.4, 0.5) is 0 Å². The Kier molecular flexibility index (Phi) is 3.95. The minimum absolute atomic E-state index is 1.12. The molecule has 0 atom stereocenters. The second kappa shape index (κ2) is 5.28. The molecule has 0 amide bonds. The fraction of sp³-hybridized carbons (Fsp3) is 0.200. The molecule has 0 aromatic heterocycles. The van der Waals surface area contributed by atoms with E-state index >= 15 is 0 Å². The van der Waals surface area contributed by atoms with Crippen molar-refractivity contribution in [3.63, 3.8) is 0 Å². The van der Waals surface area contributed by atoms with E-state index in [-0.39, 0.29) is 0 Å². The van der Waals surface area contributed by atoms with Gasteiger partial charge in [-0.25, -0.2) is 0 Å². The summed E-state index contributed by atoms with van der Waals surface area (Å²) >= 11 is 5.30. The van der Waals surface area contributed by atoms with Gasteiger partial charge in [0.25, 0.3) is 0 Å². The van der Waals surface area contributed by atoms with Gasteiger partial charge in [-0.2, -0.15) is 0 Å². The Morgan fingerprint density at radius 3 is 1.94 bits per heavy atom. The van der Waals surface area contributed by atoms with Gasteiger partial charge in [-0.15, -0.1) is 0 Å². The molecule has 0 aliphatic heterocycles. The molecule has 2 aromatic carbocycles. The summed E-state index contributed by atoms with van der Waals surface area (Å²) in [7, 11) is 0. The maximum absolute atomic E-state index is 3.46. The lowest BCUT2D eigenvalue weighted by Crippen LogP contribution is -1.87. The van der Waals surface area contributed by atoms with Crippen molar-refractivity contribution < 1.29 is 0 Å². The molecule has 0 unspecified atom stereocenters. The van der Waals surface area contributed by atoms with Gasteiger partial charge in [0.1, 0.15) is 0 Å². The van der Waals surface area contributed by atoms with Crippen molar-refractivity contribution in [1.29, 1.82) is 0 Å². The fourth-order valence-electron chi connectivity index (χ4n) is 1.95. The minimum atomic E-state index is 1.12. The van der Waals surface area contributed by atoms with Crippen LogP contribution < -0.4 is 0 Å². The summed E-state index contributed by atoms with van der Waals surface area (Å²) in [5, 5.41) is 0. The van der Waals surface area contributed by atoms with Gasteiger partial charge in [-0.3, -0.25) is 0 Å². The molecule has 2 heteroatoms. The zero-order valence-corrected chi connectivity index (χ0v) is 12.7. The molecular formula is C15H15BrS. The topological polar surface area (TPSA) is 0 Å². The monoisotopic (exact) mass is 306 g/mol. The molecule has 0 heterocycles. The lowest BCUT2D eigenvalue weighted by Gasteiger charge is -2.10. The molecule has 88 valence electrons. The predicted molar refractivity (Wildman–Crippen MR) is 78.9 cm³/mol. The molecule has 17 heavy (non-hydrogen) atoms. The fourth-order valence-corrected chi connectivity index (χ4v) is 3.16. The molecule has 0 N–H and O–H groups in total. The summed E-state index contributed by atoms with van der Waals surface area (Å²) < 4.78 is 1.12. The van der Waals surface area contributed by atoms with Crippen molar-refractivity contribution in [1.82, 2.24) is 0 Å². The maximum Gasteiger partial charge on any atom is 0.0181 e. The van der Waals surface area contributed by atoms with Gasteiger partial charge in [-0.05, 0) is 56.2 Å². The van der Waals surface area contributed by atoms with E-state index in [2.05, 4.69) is 73.1 Å². The minimum Gasteiger partial charge on any atom is -0.0895 e. The van der Waals surface area contributed by atoms with E-state index in [1.165, 1.54) is 26.5 Å². The number of hydrogen-bond donors (Lipinski definition) is 0. The third-order valence-electron chi connectivity index (χ3n) is 2.64. The Bertz CT molecular complexity index is 506. The molecule has 0 radical (unpaired) electrons. The SMILES string of the molecule is Cc1cc(C)c(Sc2ccc(Br)cc2)c(C)c1. The van der Waals surface area contributed by atoms with E-state index in [9.17, 15) is 0 Å². The molecule has 0 saturated carbocycles. The number of benzene rings is 2. The first kappa shape index (κ1) is 12.7. The van der Waals surface area contributed by atoms with Crippen LogP contribution in [0.2, 0.25) is 0 Å². The van der Waals surface area contributed by atoms with Crippen molar-refractivity contribution in [3.8, 4) is 0 Å². The van der Waals surface area contributed by atoms with Gasteiger partial charge in [-0.1, -0.05) is 45.4 Å². The van der Waals surface area contributed by atoms with Crippen LogP contribution >= 0.6 is 27.7 Å². The van der Waals surface area contributed by atoms with E-state index in [4.69, 9.17) is 0 Å². The van der Waals surface area contributed by atoms with Crippen LogP contribution in [-0.2, 0) is 0 Å². The molecule has 0 aliphatic carbocycles. The second-order valence-corrected chi connectivity index (χ2v) is 6.28. The first-order chi connectivity index (χ1) is 8.06. The molecule has 0 saturated heterocycles. The molecule has 0 nitrogen and oxygen atoms in total. The van der Waals surface area contributed by atoms with Gasteiger partial charge in [0, 0.05) is 14.3 Å². The highest BCUT2D eigenvalue weighted by atomic mass is 79.9. The van der Waals surface area contributed by atoms with Crippen LogP contribution in [0.3, 0.4) is 0 Å². The summed E-state index contributed by atoms with van der Waals surface area (Å²) in [6, 6.07) is 13.0. The Morgan fingerprint density at radius 2 is 1.41 bits per heavy atom. The van der Waals surface area contributed by atoms with Gasteiger partial charge < -0.3 is 0 Å². The highest BCUT2D eigenvalue weighted by molar-refractivity contribution is 9.10. The Balaban J connectivity index is 2.33. The van der Waals surface area contributed by atoms with E-state index in [0.717, 1.165) is 4.47 Å². The Hall–Kier alpha value is -0.730. The predicted octanol–water partition coefficient (Wildman–Crippen LogP) is 5.53. The van der Waals surface area contributed by atoms with Crippen LogP contribution in [0.25, 0.3) is 0 Å². The van der Waals surface area contributed by atoms with Gasteiger partial charge in [0.15, 0.2) is 0 Å². The van der Waals surface area contributed by atoms with Crippen molar-refractivity contribution in [3.05, 3.63) is 57.6 Å². The van der Waals surface area contributed by atoms with Gasteiger partial charge in [0.05, 0.1) is 0 Å². The van der Waals surface area contributed by atoms with Crippen LogP contribution in [-0.4, -0.2) is 0 Å². The Morgan fingerprint density at radius 1 is 0.882 bits per heavy atom. The summed E-state index contributed by atoms with van der Waals surface area (Å²) in [5.74, 6) is 0. The summed E-state index contributed by atoms with van der Waals surface area (Å²) in [4.78, 5) is 2.65. The van der Waals surface area contributed by atoms with Crippen molar-refractivity contribution in [2.75, 3.05) is 0 Å². The molecule has 0 aliphatic rings. The summed E-state index contributed by atoms with van der Waals surface area (Å²) in [6.07, 6.45) is 0. The smallest absolute Gasteiger partial charge is 0.0181 e. The number of rotatable bonds is 2. The number of aryl methyl sites for hydroxylation is 3. The number of hydrogen-bond acceptors (Lipinski definition) is 1. The second-order valence-electron chi connectivity index (χ2n) is 4.28. The average molecular weight is 307 g/mol. The van der Waals surface area contributed by atoms with Crippen LogP contribution in [0.5, 0.6) is 0 Å². The van der Waals surface area contributed by atoms with E-state index in [1.807, 2.05) is 11.8 Å². The zero-order chi connectivity index (χ0) is 12.4. The van der Waals surface area contributed by atoms with E-state index in [1.54, 1.807) is 0 Å². The summed E-state index contributed by atoms with van der Waals surface area (Å²) in [5.41, 5.74) is 4.05. The normalized spacial score (nSPS) is 10.6. The molecule has 0 spiro atoms. The van der Waals surface area contributed by atoms with E-state index in [0.29, 0.717) is 0 Å². The molecular weight excluding hydrogens is 292 g/mol. The lowest BCUT2D eigenvalue weighted by molar-refractivity contribution is 1.18. The zero-order valence-electron chi connectivity index (χ0n) is 10.3. The highest BCUT2D eigenvalue weighted by Gasteiger charge is 2.05. The van der Waals surface area contributed by atoms with Gasteiger partial charge >= 0.3 is 0 Å². The third kappa shape index (κ3) is 3.14. The maximum atomic E-state index is 3.46. The molecule has 2 aromatic rings. The first-order valence-electron chi connectivity index (χ1n) is 5.57. The third-order valence-corrected chi connectivity index (χ3v) is 4.52. The van der Waals surface area contributed by atoms with Crippen LogP contribution in [0.1, 0.15) is 16.7 Å². The largest absolute Gasteiger partial charge is 0.0895 e. The van der Waals surface area contributed by atoms with E-state index < -0.39 is 0 Å². The lowest BCUT2D eigenvalue weighted by atomic mass is 10.1. The Labute approximate surface area is 116 Å². The van der Waals surface area contributed by atoms with Crippen molar-refractivity contribution in [2.45, 2.75) is 30.6 Å². The number of halogens is 1. The average Bonchev–Trinajstić information content (AvgIpc) is 2.26. The van der Waals surface area contributed by atoms with Crippen LogP contribution in [0, 0.1) is 20.8 Å². The molecule has 0 fully saturated rings. The quantitative estimate of drug-likeness (QED) is 0.703. The van der Waals surface area contributed by atoms with Crippen molar-refractivity contribution >= 4 is 27.7 Å². The molecule has 2 rings (SSSR count). The first-order valence-corrected chi connectivity index (χ1v) is 7.18. The van der Waals surface area contributed by atoms with Crippen LogP contribution in [0.15, 0.2) is 50.7 Å². The van der Waals surface area contributed by atoms with Gasteiger partial charge in [0.2, 0.25) is 0 Å². The standard InChI is InChI=1S/C15H15BrS/c1-10-8-11(2)15(12(3)9-10)17-14-6-4-13(16)5-7-14/h4-9H,1-3H3.